The number of rotatable bonds is 9. The molecule has 282 valence electrons. The predicted molar refractivity (Wildman–Crippen MR) is 180 cm³/mol. The Kier molecular flexibility index (Phi) is 10.9. The zero-order valence-corrected chi connectivity index (χ0v) is 27.7. The maximum atomic E-state index is 13.9. The number of aliphatic hydroxyl groups is 5. The van der Waals surface area contributed by atoms with Crippen molar-refractivity contribution in [2.24, 2.45) is 0 Å². The largest absolute Gasteiger partial charge is 0.508 e. The van der Waals surface area contributed by atoms with Crippen molar-refractivity contribution in [1.82, 2.24) is 0 Å². The monoisotopic (exact) mass is 740 g/mol. The van der Waals surface area contributed by atoms with Crippen molar-refractivity contribution in [2.45, 2.75) is 68.3 Å². The molecule has 0 bridgehead atoms. The van der Waals surface area contributed by atoms with Crippen LogP contribution in [-0.2, 0) is 23.7 Å². The summed E-state index contributed by atoms with van der Waals surface area (Å²) in [5.74, 6) is -3.17. The van der Waals surface area contributed by atoms with Crippen LogP contribution in [0.25, 0.3) is 28.4 Å². The van der Waals surface area contributed by atoms with E-state index in [0.717, 1.165) is 18.2 Å². The minimum atomic E-state index is -2.03. The quantitative estimate of drug-likeness (QED) is 0.0838. The molecule has 0 amide bonds. The first-order valence-electron chi connectivity index (χ1n) is 16.2. The lowest BCUT2D eigenvalue weighted by Crippen LogP contribution is -2.62. The first-order valence-corrected chi connectivity index (χ1v) is 16.2. The maximum absolute atomic E-state index is 13.9. The summed E-state index contributed by atoms with van der Waals surface area (Å²) >= 11 is 0. The Bertz CT molecular complexity index is 2010. The van der Waals surface area contributed by atoms with Crippen molar-refractivity contribution in [3.63, 3.8) is 0 Å². The summed E-state index contributed by atoms with van der Waals surface area (Å²) < 4.78 is 34.3. The van der Waals surface area contributed by atoms with Gasteiger partial charge in [0.15, 0.2) is 18.2 Å². The topological polar surface area (TPSA) is 275 Å². The molecule has 2 saturated heterocycles. The maximum Gasteiger partial charge on any atom is 0.331 e. The average Bonchev–Trinajstić information content (AvgIpc) is 3.12. The molecule has 0 aliphatic carbocycles. The van der Waals surface area contributed by atoms with E-state index >= 15 is 0 Å². The van der Waals surface area contributed by atoms with Crippen LogP contribution in [-0.4, -0.2) is 120 Å². The molecule has 17 nitrogen and oxygen atoms in total. The van der Waals surface area contributed by atoms with Crippen LogP contribution in [0, 0.1) is 0 Å². The number of hydrogen-bond donors (Lipinski definition) is 9. The van der Waals surface area contributed by atoms with Crippen LogP contribution in [0.15, 0.2) is 76.0 Å². The van der Waals surface area contributed by atoms with Gasteiger partial charge in [-0.25, -0.2) is 4.79 Å². The Labute approximate surface area is 299 Å². The zero-order valence-electron chi connectivity index (χ0n) is 27.7. The van der Waals surface area contributed by atoms with Crippen LogP contribution < -0.4 is 10.2 Å². The molecule has 4 aromatic rings. The molecule has 2 aliphatic heterocycles. The number of ether oxygens (including phenoxy) is 5. The van der Waals surface area contributed by atoms with Gasteiger partial charge in [0.25, 0.3) is 0 Å². The fraction of sp³-hybridized carbons (Fsp3) is 0.333. The van der Waals surface area contributed by atoms with Gasteiger partial charge in [-0.2, -0.15) is 0 Å². The van der Waals surface area contributed by atoms with Crippen LogP contribution in [0.4, 0.5) is 0 Å². The Balaban J connectivity index is 1.33. The summed E-state index contributed by atoms with van der Waals surface area (Å²) in [4.78, 5) is 26.8. The summed E-state index contributed by atoms with van der Waals surface area (Å²) in [6.45, 7) is 0.764. The van der Waals surface area contributed by atoms with Crippen molar-refractivity contribution in [3.8, 4) is 40.1 Å². The SMILES string of the molecule is C[C@@H]1O[C@@H](OC[C@H]2O[C@@H](Oc3c(-c4ccc(O)cc4)oc4cc(O)cc(O)c4c3=O)[C@H](O)[C@@H](O)[C@H]2OC(=O)C=Cc2ccc(O)cc2)[C@H](O)[C@H](O)[C@H]1O. The summed E-state index contributed by atoms with van der Waals surface area (Å²) in [6.07, 6.45) is -14.2. The highest BCUT2D eigenvalue weighted by Crippen LogP contribution is 2.38. The number of aromatic hydroxyl groups is 4. The second-order valence-electron chi connectivity index (χ2n) is 12.5. The van der Waals surface area contributed by atoms with Gasteiger partial charge < -0.3 is 74.1 Å². The lowest BCUT2D eigenvalue weighted by atomic mass is 9.98. The van der Waals surface area contributed by atoms with Crippen LogP contribution in [0.1, 0.15) is 12.5 Å². The fourth-order valence-electron chi connectivity index (χ4n) is 5.84. The third-order valence-corrected chi connectivity index (χ3v) is 8.71. The van der Waals surface area contributed by atoms with E-state index in [2.05, 4.69) is 0 Å². The molecule has 0 unspecified atom stereocenters. The van der Waals surface area contributed by atoms with E-state index in [4.69, 9.17) is 28.1 Å². The Morgan fingerprint density at radius 3 is 2.09 bits per heavy atom. The molecule has 0 radical (unpaired) electrons. The summed E-state index contributed by atoms with van der Waals surface area (Å²) in [7, 11) is 0. The van der Waals surface area contributed by atoms with Gasteiger partial charge in [0.2, 0.25) is 17.5 Å². The molecule has 6 rings (SSSR count). The highest BCUT2D eigenvalue weighted by molar-refractivity contribution is 5.88. The number of aliphatic hydroxyl groups excluding tert-OH is 5. The number of hydrogen-bond acceptors (Lipinski definition) is 17. The Morgan fingerprint density at radius 2 is 1.42 bits per heavy atom. The van der Waals surface area contributed by atoms with Crippen molar-refractivity contribution in [3.05, 3.63) is 82.5 Å². The van der Waals surface area contributed by atoms with Crippen LogP contribution in [0.3, 0.4) is 0 Å². The number of carbonyl (C=O) groups is 1. The number of fused-ring (bicyclic) bond motifs is 1. The van der Waals surface area contributed by atoms with E-state index in [-0.39, 0.29) is 28.4 Å². The number of phenolic OH excluding ortho intramolecular Hbond substituents is 4. The standard InChI is InChI=1S/C36H36O17/c1-15-26(42)28(44)30(46)35(49-15)48-14-23-33(52-24(41)11-4-16-2-7-18(37)8-3-16)29(45)31(47)36(51-23)53-34-27(43)25-21(40)12-20(39)13-22(25)50-32(34)17-5-9-19(38)10-6-17/h2-13,15,23,26,28-31,33,35-40,42,44-47H,14H2,1H3/t15-,23+,26-,28+,29+,30+,31+,33-,35+,36-/m0/s1. The minimum Gasteiger partial charge on any atom is -0.508 e. The lowest BCUT2D eigenvalue weighted by molar-refractivity contribution is -0.319. The van der Waals surface area contributed by atoms with Crippen LogP contribution >= 0.6 is 0 Å². The third-order valence-electron chi connectivity index (χ3n) is 8.71. The van der Waals surface area contributed by atoms with Crippen molar-refractivity contribution in [1.29, 1.82) is 0 Å². The lowest BCUT2D eigenvalue weighted by Gasteiger charge is -2.43. The van der Waals surface area contributed by atoms with Crippen molar-refractivity contribution in [2.75, 3.05) is 6.61 Å². The fourth-order valence-corrected chi connectivity index (χ4v) is 5.84. The van der Waals surface area contributed by atoms with Gasteiger partial charge in [-0.1, -0.05) is 12.1 Å². The number of carbonyl (C=O) groups excluding carboxylic acids is 1. The van der Waals surface area contributed by atoms with Crippen LogP contribution in [0.5, 0.6) is 28.7 Å². The van der Waals surface area contributed by atoms with Gasteiger partial charge >= 0.3 is 5.97 Å². The van der Waals surface area contributed by atoms with E-state index in [1.54, 1.807) is 0 Å². The molecule has 2 fully saturated rings. The van der Waals surface area contributed by atoms with E-state index in [9.17, 15) is 55.5 Å². The number of esters is 1. The van der Waals surface area contributed by atoms with E-state index < -0.39 is 102 Å². The van der Waals surface area contributed by atoms with Crippen molar-refractivity contribution >= 4 is 23.0 Å². The van der Waals surface area contributed by atoms with Gasteiger partial charge in [-0.15, -0.1) is 0 Å². The molecule has 3 heterocycles. The summed E-state index contributed by atoms with van der Waals surface area (Å²) in [6, 6.07) is 13.0. The second-order valence-corrected chi connectivity index (χ2v) is 12.5. The van der Waals surface area contributed by atoms with Crippen LogP contribution in [0.2, 0.25) is 0 Å². The predicted octanol–water partition coefficient (Wildman–Crippen LogP) is 0.577. The molecule has 17 heteroatoms. The van der Waals surface area contributed by atoms with E-state index in [1.165, 1.54) is 61.5 Å². The molecule has 9 N–H and O–H groups in total. The van der Waals surface area contributed by atoms with Gasteiger partial charge in [0, 0.05) is 23.8 Å². The highest BCUT2D eigenvalue weighted by atomic mass is 16.7. The number of benzene rings is 3. The summed E-state index contributed by atoms with van der Waals surface area (Å²) in [5.41, 5.74) is -0.569. The molecule has 2 aliphatic rings. The zero-order chi connectivity index (χ0) is 38.1. The molecule has 3 aromatic carbocycles. The minimum absolute atomic E-state index is 0.00274. The van der Waals surface area contributed by atoms with Gasteiger partial charge in [0.1, 0.15) is 70.6 Å². The molecular weight excluding hydrogens is 704 g/mol. The molecule has 0 spiro atoms. The van der Waals surface area contributed by atoms with Gasteiger partial charge in [-0.05, 0) is 55.0 Å². The normalized spacial score (nSPS) is 28.9. The van der Waals surface area contributed by atoms with E-state index in [1.807, 2.05) is 0 Å². The van der Waals surface area contributed by atoms with Crippen molar-refractivity contribution < 1.29 is 78.9 Å². The number of phenols is 4. The Morgan fingerprint density at radius 1 is 0.774 bits per heavy atom. The highest BCUT2D eigenvalue weighted by Gasteiger charge is 2.50. The smallest absolute Gasteiger partial charge is 0.331 e. The Hall–Kier alpha value is -5.24. The van der Waals surface area contributed by atoms with E-state index in [0.29, 0.717) is 5.56 Å². The molecule has 10 atom stereocenters. The van der Waals surface area contributed by atoms with Gasteiger partial charge in [-0.3, -0.25) is 4.79 Å². The molecular formula is C36H36O17. The second kappa shape index (κ2) is 15.4. The average molecular weight is 741 g/mol. The molecule has 53 heavy (non-hydrogen) atoms. The van der Waals surface area contributed by atoms with Gasteiger partial charge in [0.05, 0.1) is 12.7 Å². The molecule has 0 saturated carbocycles. The first kappa shape index (κ1) is 37.5. The molecule has 1 aromatic heterocycles. The summed E-state index contributed by atoms with van der Waals surface area (Å²) in [5, 5.41) is 92.9. The first-order chi connectivity index (χ1) is 25.2. The third kappa shape index (κ3) is 7.92.